The molecule has 0 radical (unpaired) electrons. The van der Waals surface area contributed by atoms with Crippen LogP contribution in [0.1, 0.15) is 24.8 Å². The summed E-state index contributed by atoms with van der Waals surface area (Å²) in [4.78, 5) is 11.2. The molecular formula is C14H19NO4S. The van der Waals surface area contributed by atoms with Crippen LogP contribution in [0.3, 0.4) is 0 Å². The first-order valence-corrected chi connectivity index (χ1v) is 8.38. The molecule has 1 fully saturated rings. The van der Waals surface area contributed by atoms with E-state index >= 15 is 0 Å². The van der Waals surface area contributed by atoms with Gasteiger partial charge in [0.1, 0.15) is 6.04 Å². The van der Waals surface area contributed by atoms with E-state index in [0.717, 1.165) is 24.8 Å². The molecule has 1 aromatic rings. The van der Waals surface area contributed by atoms with Gasteiger partial charge in [-0.2, -0.15) is 0 Å². The molecule has 110 valence electrons. The number of nitrogens with one attached hydrogen (secondary N) is 1. The van der Waals surface area contributed by atoms with Gasteiger partial charge in [-0.1, -0.05) is 36.8 Å². The van der Waals surface area contributed by atoms with Crippen LogP contribution in [0, 0.1) is 5.92 Å². The normalized spacial score (nSPS) is 17.4. The van der Waals surface area contributed by atoms with E-state index in [1.54, 1.807) is 24.3 Å². The standard InChI is InChI=1S/C14H19NO4S/c16-14(17)13(9-11-5-2-1-3-6-11)15-20(18,19)10-12-7-4-8-12/h1-3,5-6,12-13,15H,4,7-10H2,(H,16,17)/t13-/m1/s1. The van der Waals surface area contributed by atoms with Gasteiger partial charge in [0.15, 0.2) is 0 Å². The number of hydrogen-bond donors (Lipinski definition) is 2. The fraction of sp³-hybridized carbons (Fsp3) is 0.500. The number of benzene rings is 1. The van der Waals surface area contributed by atoms with Crippen LogP contribution in [-0.4, -0.2) is 31.3 Å². The van der Waals surface area contributed by atoms with Crippen LogP contribution in [0.15, 0.2) is 30.3 Å². The van der Waals surface area contributed by atoms with Crippen molar-refractivity contribution in [2.45, 2.75) is 31.7 Å². The molecule has 0 aliphatic heterocycles. The van der Waals surface area contributed by atoms with E-state index in [4.69, 9.17) is 0 Å². The van der Waals surface area contributed by atoms with Crippen molar-refractivity contribution in [1.29, 1.82) is 0 Å². The van der Waals surface area contributed by atoms with Gasteiger partial charge in [-0.3, -0.25) is 4.79 Å². The number of carboxylic acids is 1. The third kappa shape index (κ3) is 4.31. The number of carboxylic acid groups (broad SMARTS) is 1. The number of carbonyl (C=O) groups is 1. The van der Waals surface area contributed by atoms with Gasteiger partial charge in [0.05, 0.1) is 5.75 Å². The Bertz CT molecular complexity index is 552. The lowest BCUT2D eigenvalue weighted by atomic mass is 9.87. The summed E-state index contributed by atoms with van der Waals surface area (Å²) >= 11 is 0. The summed E-state index contributed by atoms with van der Waals surface area (Å²) in [5.41, 5.74) is 0.797. The van der Waals surface area contributed by atoms with Gasteiger partial charge in [0.25, 0.3) is 0 Å². The molecule has 0 bridgehead atoms. The minimum absolute atomic E-state index is 0.0333. The highest BCUT2D eigenvalue weighted by atomic mass is 32.2. The molecule has 1 atom stereocenters. The van der Waals surface area contributed by atoms with Crippen LogP contribution in [-0.2, 0) is 21.2 Å². The number of sulfonamides is 1. The Kier molecular flexibility index (Phi) is 4.77. The molecule has 20 heavy (non-hydrogen) atoms. The summed E-state index contributed by atoms with van der Waals surface area (Å²) in [6, 6.07) is 7.91. The first-order valence-electron chi connectivity index (χ1n) is 6.73. The molecule has 6 heteroatoms. The zero-order valence-corrected chi connectivity index (χ0v) is 12.0. The van der Waals surface area contributed by atoms with Crippen molar-refractivity contribution in [2.24, 2.45) is 5.92 Å². The van der Waals surface area contributed by atoms with Gasteiger partial charge < -0.3 is 5.11 Å². The molecule has 2 N–H and O–H groups in total. The third-order valence-electron chi connectivity index (χ3n) is 3.58. The first kappa shape index (κ1) is 15.0. The highest BCUT2D eigenvalue weighted by Crippen LogP contribution is 2.27. The van der Waals surface area contributed by atoms with E-state index in [2.05, 4.69) is 4.72 Å². The SMILES string of the molecule is O=C(O)[C@@H](Cc1ccccc1)NS(=O)(=O)CC1CCC1. The molecule has 5 nitrogen and oxygen atoms in total. The second-order valence-electron chi connectivity index (χ2n) is 5.28. The number of hydrogen-bond acceptors (Lipinski definition) is 3. The molecular weight excluding hydrogens is 278 g/mol. The molecule has 1 aliphatic rings. The summed E-state index contributed by atoms with van der Waals surface area (Å²) in [5, 5.41) is 9.18. The molecule has 0 unspecified atom stereocenters. The van der Waals surface area contributed by atoms with Crippen molar-refractivity contribution in [1.82, 2.24) is 4.72 Å². The summed E-state index contributed by atoms with van der Waals surface area (Å²) in [5.74, 6) is -0.935. The highest BCUT2D eigenvalue weighted by Gasteiger charge is 2.29. The Morgan fingerprint density at radius 3 is 2.45 bits per heavy atom. The lowest BCUT2D eigenvalue weighted by Crippen LogP contribution is -2.44. The molecule has 0 spiro atoms. The predicted octanol–water partition coefficient (Wildman–Crippen LogP) is 1.40. The Labute approximate surface area is 119 Å². The largest absolute Gasteiger partial charge is 0.480 e. The van der Waals surface area contributed by atoms with Crippen LogP contribution in [0.4, 0.5) is 0 Å². The smallest absolute Gasteiger partial charge is 0.322 e. The summed E-state index contributed by atoms with van der Waals surface area (Å²) in [6.45, 7) is 0. The van der Waals surface area contributed by atoms with E-state index in [9.17, 15) is 18.3 Å². The Morgan fingerprint density at radius 2 is 1.95 bits per heavy atom. The first-order chi connectivity index (χ1) is 9.46. The van der Waals surface area contributed by atoms with Crippen molar-refractivity contribution in [2.75, 3.05) is 5.75 Å². The van der Waals surface area contributed by atoms with E-state index in [1.807, 2.05) is 6.07 Å². The fourth-order valence-corrected chi connectivity index (χ4v) is 3.93. The quantitative estimate of drug-likeness (QED) is 0.797. The van der Waals surface area contributed by atoms with Gasteiger partial charge >= 0.3 is 5.97 Å². The van der Waals surface area contributed by atoms with Crippen molar-refractivity contribution >= 4 is 16.0 Å². The predicted molar refractivity (Wildman–Crippen MR) is 75.8 cm³/mol. The average molecular weight is 297 g/mol. The van der Waals surface area contributed by atoms with Gasteiger partial charge in [-0.05, 0) is 30.7 Å². The highest BCUT2D eigenvalue weighted by molar-refractivity contribution is 7.89. The maximum absolute atomic E-state index is 12.0. The fourth-order valence-electron chi connectivity index (χ4n) is 2.26. The minimum Gasteiger partial charge on any atom is -0.480 e. The molecule has 0 saturated heterocycles. The molecule has 1 saturated carbocycles. The maximum Gasteiger partial charge on any atom is 0.322 e. The van der Waals surface area contributed by atoms with Crippen LogP contribution in [0.2, 0.25) is 0 Å². The maximum atomic E-state index is 12.0. The van der Waals surface area contributed by atoms with E-state index in [1.165, 1.54) is 0 Å². The lowest BCUT2D eigenvalue weighted by molar-refractivity contribution is -0.138. The topological polar surface area (TPSA) is 83.5 Å². The van der Waals surface area contributed by atoms with Crippen molar-refractivity contribution in [3.05, 3.63) is 35.9 Å². The molecule has 0 aromatic heterocycles. The Balaban J connectivity index is 1.99. The van der Waals surface area contributed by atoms with Gasteiger partial charge in [0.2, 0.25) is 10.0 Å². The van der Waals surface area contributed by atoms with E-state index in [0.29, 0.717) is 0 Å². The number of aliphatic carboxylic acids is 1. The van der Waals surface area contributed by atoms with Gasteiger partial charge in [-0.15, -0.1) is 0 Å². The monoisotopic (exact) mass is 297 g/mol. The Morgan fingerprint density at radius 1 is 1.30 bits per heavy atom. The number of rotatable bonds is 7. The summed E-state index contributed by atoms with van der Waals surface area (Å²) < 4.78 is 26.2. The summed E-state index contributed by atoms with van der Waals surface area (Å²) in [7, 11) is -3.54. The second kappa shape index (κ2) is 6.37. The van der Waals surface area contributed by atoms with Crippen LogP contribution in [0.25, 0.3) is 0 Å². The second-order valence-corrected chi connectivity index (χ2v) is 7.08. The molecule has 0 heterocycles. The van der Waals surface area contributed by atoms with Gasteiger partial charge in [-0.25, -0.2) is 13.1 Å². The minimum atomic E-state index is -3.54. The lowest BCUT2D eigenvalue weighted by Gasteiger charge is -2.25. The van der Waals surface area contributed by atoms with Crippen LogP contribution in [0.5, 0.6) is 0 Å². The zero-order valence-electron chi connectivity index (χ0n) is 11.2. The van der Waals surface area contributed by atoms with Gasteiger partial charge in [0, 0.05) is 0 Å². The van der Waals surface area contributed by atoms with Crippen molar-refractivity contribution in [3.8, 4) is 0 Å². The molecule has 1 aliphatic carbocycles. The average Bonchev–Trinajstić information content (AvgIpc) is 2.34. The summed E-state index contributed by atoms with van der Waals surface area (Å²) in [6.07, 6.45) is 3.04. The molecule has 0 amide bonds. The van der Waals surface area contributed by atoms with E-state index < -0.39 is 22.0 Å². The molecule has 1 aromatic carbocycles. The Hall–Kier alpha value is -1.40. The zero-order chi connectivity index (χ0) is 14.6. The van der Waals surface area contributed by atoms with Crippen LogP contribution < -0.4 is 4.72 Å². The third-order valence-corrected chi connectivity index (χ3v) is 5.14. The molecule has 2 rings (SSSR count). The van der Waals surface area contributed by atoms with Crippen molar-refractivity contribution in [3.63, 3.8) is 0 Å². The van der Waals surface area contributed by atoms with Crippen molar-refractivity contribution < 1.29 is 18.3 Å². The van der Waals surface area contributed by atoms with E-state index in [-0.39, 0.29) is 18.1 Å². The van der Waals surface area contributed by atoms with Crippen LogP contribution >= 0.6 is 0 Å².